The van der Waals surface area contributed by atoms with Crippen LogP contribution in [0.2, 0.25) is 5.02 Å². The number of nitrogens with zero attached hydrogens (tertiary/aromatic N) is 1. The Labute approximate surface area is 126 Å². The SMILES string of the molecule is O=C(/C=C/c1ccccc1Cl)Nc1nc2ccccc2[nH]1. The minimum absolute atomic E-state index is 0.269. The number of hydrogen-bond donors (Lipinski definition) is 2. The minimum atomic E-state index is -0.269. The highest BCUT2D eigenvalue weighted by molar-refractivity contribution is 6.32. The normalized spacial score (nSPS) is 11.1. The molecule has 2 N–H and O–H groups in total. The van der Waals surface area contributed by atoms with Crippen LogP contribution in [0.25, 0.3) is 17.1 Å². The van der Waals surface area contributed by atoms with Crippen molar-refractivity contribution in [3.8, 4) is 0 Å². The molecule has 4 nitrogen and oxygen atoms in total. The molecule has 0 saturated carbocycles. The Morgan fingerprint density at radius 3 is 2.71 bits per heavy atom. The van der Waals surface area contributed by atoms with Crippen molar-refractivity contribution in [2.45, 2.75) is 0 Å². The molecule has 1 aromatic heterocycles. The molecular formula is C16H12ClN3O. The zero-order valence-electron chi connectivity index (χ0n) is 11.0. The topological polar surface area (TPSA) is 57.8 Å². The number of aromatic nitrogens is 2. The van der Waals surface area contributed by atoms with Crippen LogP contribution in [0.4, 0.5) is 5.95 Å². The van der Waals surface area contributed by atoms with E-state index in [1.165, 1.54) is 6.08 Å². The van der Waals surface area contributed by atoms with Gasteiger partial charge >= 0.3 is 0 Å². The molecule has 104 valence electrons. The van der Waals surface area contributed by atoms with Gasteiger partial charge in [-0.3, -0.25) is 10.1 Å². The maximum absolute atomic E-state index is 11.9. The van der Waals surface area contributed by atoms with Gasteiger partial charge in [0.2, 0.25) is 5.95 Å². The van der Waals surface area contributed by atoms with Crippen LogP contribution in [0.15, 0.2) is 54.6 Å². The molecule has 0 fully saturated rings. The molecule has 0 unspecified atom stereocenters. The van der Waals surface area contributed by atoms with E-state index in [1.54, 1.807) is 12.1 Å². The molecule has 3 aromatic rings. The number of halogens is 1. The fraction of sp³-hybridized carbons (Fsp3) is 0. The highest BCUT2D eigenvalue weighted by atomic mass is 35.5. The summed E-state index contributed by atoms with van der Waals surface area (Å²) in [6.45, 7) is 0. The number of anilines is 1. The van der Waals surface area contributed by atoms with Crippen LogP contribution in [-0.4, -0.2) is 15.9 Å². The van der Waals surface area contributed by atoms with Crippen LogP contribution < -0.4 is 5.32 Å². The smallest absolute Gasteiger partial charge is 0.250 e. The second-order valence-corrected chi connectivity index (χ2v) is 4.85. The second kappa shape index (κ2) is 5.81. The minimum Gasteiger partial charge on any atom is -0.324 e. The van der Waals surface area contributed by atoms with E-state index in [2.05, 4.69) is 15.3 Å². The first kappa shape index (κ1) is 13.4. The van der Waals surface area contributed by atoms with E-state index in [0.29, 0.717) is 11.0 Å². The van der Waals surface area contributed by atoms with Crippen LogP contribution in [0.1, 0.15) is 5.56 Å². The van der Waals surface area contributed by atoms with Crippen LogP contribution in [-0.2, 0) is 4.79 Å². The van der Waals surface area contributed by atoms with E-state index in [1.807, 2.05) is 42.5 Å². The van der Waals surface area contributed by atoms with E-state index >= 15 is 0 Å². The van der Waals surface area contributed by atoms with Crippen molar-refractivity contribution < 1.29 is 4.79 Å². The number of imidazole rings is 1. The average molecular weight is 298 g/mol. The maximum atomic E-state index is 11.9. The number of nitrogens with one attached hydrogen (secondary N) is 2. The molecule has 0 bridgehead atoms. The van der Waals surface area contributed by atoms with Gasteiger partial charge in [-0.1, -0.05) is 41.9 Å². The quantitative estimate of drug-likeness (QED) is 0.721. The summed E-state index contributed by atoms with van der Waals surface area (Å²) >= 11 is 6.02. The molecule has 1 heterocycles. The van der Waals surface area contributed by atoms with Gasteiger partial charge in [0.25, 0.3) is 5.91 Å². The highest BCUT2D eigenvalue weighted by Gasteiger charge is 2.04. The van der Waals surface area contributed by atoms with Gasteiger partial charge in [0.05, 0.1) is 11.0 Å². The molecule has 0 spiro atoms. The number of hydrogen-bond acceptors (Lipinski definition) is 2. The summed E-state index contributed by atoms with van der Waals surface area (Å²) in [5, 5.41) is 3.29. The Morgan fingerprint density at radius 1 is 1.14 bits per heavy atom. The van der Waals surface area contributed by atoms with Crippen LogP contribution in [0, 0.1) is 0 Å². The Balaban J connectivity index is 1.73. The summed E-state index contributed by atoms with van der Waals surface area (Å²) in [6, 6.07) is 14.9. The first-order chi connectivity index (χ1) is 10.2. The van der Waals surface area contributed by atoms with E-state index in [9.17, 15) is 4.79 Å². The van der Waals surface area contributed by atoms with Gasteiger partial charge in [-0.15, -0.1) is 0 Å². The van der Waals surface area contributed by atoms with Crippen molar-refractivity contribution >= 4 is 40.6 Å². The molecule has 0 radical (unpaired) electrons. The lowest BCUT2D eigenvalue weighted by molar-refractivity contribution is -0.111. The lowest BCUT2D eigenvalue weighted by atomic mass is 10.2. The predicted octanol–water partition coefficient (Wildman–Crippen LogP) is 3.87. The number of aromatic amines is 1. The molecule has 2 aromatic carbocycles. The monoisotopic (exact) mass is 297 g/mol. The van der Waals surface area contributed by atoms with Crippen molar-refractivity contribution in [2.75, 3.05) is 5.32 Å². The molecule has 21 heavy (non-hydrogen) atoms. The first-order valence-electron chi connectivity index (χ1n) is 6.41. The summed E-state index contributed by atoms with van der Waals surface area (Å²) in [5.41, 5.74) is 2.48. The number of H-pyrrole nitrogens is 1. The van der Waals surface area contributed by atoms with Crippen LogP contribution in [0.3, 0.4) is 0 Å². The third kappa shape index (κ3) is 3.12. The van der Waals surface area contributed by atoms with Crippen molar-refractivity contribution in [3.63, 3.8) is 0 Å². The van der Waals surface area contributed by atoms with Crippen LogP contribution >= 0.6 is 11.6 Å². The second-order valence-electron chi connectivity index (χ2n) is 4.45. The number of amides is 1. The van der Waals surface area contributed by atoms with Gasteiger partial charge in [-0.05, 0) is 29.8 Å². The molecule has 1 amide bonds. The molecule has 0 atom stereocenters. The largest absolute Gasteiger partial charge is 0.324 e. The Morgan fingerprint density at radius 2 is 1.90 bits per heavy atom. The molecule has 0 aliphatic rings. The van der Waals surface area contributed by atoms with Crippen molar-refractivity contribution in [1.29, 1.82) is 0 Å². The number of fused-ring (bicyclic) bond motifs is 1. The van der Waals surface area contributed by atoms with Crippen molar-refractivity contribution in [2.24, 2.45) is 0 Å². The standard InChI is InChI=1S/C16H12ClN3O/c17-12-6-2-1-5-11(12)9-10-15(21)20-16-18-13-7-3-4-8-14(13)19-16/h1-10H,(H2,18,19,20,21)/b10-9+. The fourth-order valence-electron chi connectivity index (χ4n) is 1.95. The third-order valence-electron chi connectivity index (χ3n) is 2.95. The Kier molecular flexibility index (Phi) is 3.71. The van der Waals surface area contributed by atoms with E-state index in [0.717, 1.165) is 16.6 Å². The molecule has 0 aliphatic carbocycles. The highest BCUT2D eigenvalue weighted by Crippen LogP contribution is 2.16. The lowest BCUT2D eigenvalue weighted by Crippen LogP contribution is -2.08. The Hall–Kier alpha value is -2.59. The maximum Gasteiger partial charge on any atom is 0.250 e. The number of para-hydroxylation sites is 2. The van der Waals surface area contributed by atoms with Gasteiger partial charge in [-0.25, -0.2) is 4.98 Å². The van der Waals surface area contributed by atoms with Gasteiger partial charge in [0.15, 0.2) is 0 Å². The lowest BCUT2D eigenvalue weighted by Gasteiger charge is -1.98. The number of benzene rings is 2. The van der Waals surface area contributed by atoms with Gasteiger partial charge in [-0.2, -0.15) is 0 Å². The van der Waals surface area contributed by atoms with E-state index < -0.39 is 0 Å². The average Bonchev–Trinajstić information content (AvgIpc) is 2.88. The summed E-state index contributed by atoms with van der Waals surface area (Å²) in [4.78, 5) is 19.2. The zero-order chi connectivity index (χ0) is 14.7. The molecule has 5 heteroatoms. The molecular weight excluding hydrogens is 286 g/mol. The summed E-state index contributed by atoms with van der Waals surface area (Å²) in [7, 11) is 0. The van der Waals surface area contributed by atoms with E-state index in [-0.39, 0.29) is 5.91 Å². The van der Waals surface area contributed by atoms with Crippen molar-refractivity contribution in [3.05, 3.63) is 65.2 Å². The van der Waals surface area contributed by atoms with E-state index in [4.69, 9.17) is 11.6 Å². The van der Waals surface area contributed by atoms with Crippen molar-refractivity contribution in [1.82, 2.24) is 9.97 Å². The molecule has 3 rings (SSSR count). The summed E-state index contributed by atoms with van der Waals surface area (Å²) in [5.74, 6) is 0.152. The third-order valence-corrected chi connectivity index (χ3v) is 3.29. The number of carbonyl (C=O) groups is 1. The summed E-state index contributed by atoms with van der Waals surface area (Å²) in [6.07, 6.45) is 3.09. The number of carbonyl (C=O) groups excluding carboxylic acids is 1. The van der Waals surface area contributed by atoms with Gasteiger partial charge < -0.3 is 4.98 Å². The molecule has 0 saturated heterocycles. The summed E-state index contributed by atoms with van der Waals surface area (Å²) < 4.78 is 0. The zero-order valence-corrected chi connectivity index (χ0v) is 11.8. The number of rotatable bonds is 3. The van der Waals surface area contributed by atoms with Gasteiger partial charge in [0.1, 0.15) is 0 Å². The predicted molar refractivity (Wildman–Crippen MR) is 85.2 cm³/mol. The van der Waals surface area contributed by atoms with Gasteiger partial charge in [0, 0.05) is 11.1 Å². The Bertz CT molecular complexity index is 790. The van der Waals surface area contributed by atoms with Crippen LogP contribution in [0.5, 0.6) is 0 Å². The first-order valence-corrected chi connectivity index (χ1v) is 6.78. The molecule has 0 aliphatic heterocycles. The fourth-order valence-corrected chi connectivity index (χ4v) is 2.14.